The van der Waals surface area contributed by atoms with Crippen molar-refractivity contribution in [2.24, 2.45) is 0 Å². The molecular formula is C8H13NSi. The molecule has 0 saturated carbocycles. The molecule has 0 aliphatic rings. The van der Waals surface area contributed by atoms with E-state index < -0.39 is 0 Å². The SMILES string of the molecule is CC(C)c1cc([SiH3])ccn1. The number of aromatic nitrogens is 1. The van der Waals surface area contributed by atoms with Gasteiger partial charge in [0.2, 0.25) is 0 Å². The largest absolute Gasteiger partial charge is 0.261 e. The zero-order chi connectivity index (χ0) is 7.56. The van der Waals surface area contributed by atoms with Crippen LogP contribution in [0.4, 0.5) is 0 Å². The van der Waals surface area contributed by atoms with E-state index in [1.54, 1.807) is 0 Å². The molecule has 0 saturated heterocycles. The van der Waals surface area contributed by atoms with Gasteiger partial charge in [-0.25, -0.2) is 0 Å². The average Bonchev–Trinajstić information content (AvgIpc) is 1.88. The van der Waals surface area contributed by atoms with Crippen molar-refractivity contribution < 1.29 is 0 Å². The summed E-state index contributed by atoms with van der Waals surface area (Å²) in [7, 11) is 1.13. The van der Waals surface area contributed by atoms with Crippen LogP contribution in [0.3, 0.4) is 0 Å². The van der Waals surface area contributed by atoms with Gasteiger partial charge in [-0.05, 0) is 18.1 Å². The van der Waals surface area contributed by atoms with Crippen molar-refractivity contribution in [1.82, 2.24) is 4.98 Å². The first-order valence-corrected chi connectivity index (χ1v) is 4.62. The van der Waals surface area contributed by atoms with Crippen molar-refractivity contribution in [2.75, 3.05) is 0 Å². The average molecular weight is 151 g/mol. The zero-order valence-electron chi connectivity index (χ0n) is 6.76. The molecule has 1 aromatic heterocycles. The molecule has 0 aliphatic heterocycles. The van der Waals surface area contributed by atoms with E-state index in [-0.39, 0.29) is 0 Å². The maximum atomic E-state index is 4.26. The second-order valence-electron chi connectivity index (χ2n) is 2.91. The minimum Gasteiger partial charge on any atom is -0.261 e. The lowest BCUT2D eigenvalue weighted by atomic mass is 10.1. The van der Waals surface area contributed by atoms with E-state index in [1.807, 2.05) is 6.20 Å². The van der Waals surface area contributed by atoms with Crippen LogP contribution in [0, 0.1) is 0 Å². The molecule has 54 valence electrons. The fourth-order valence-electron chi connectivity index (χ4n) is 0.875. The first-order chi connectivity index (χ1) is 4.70. The van der Waals surface area contributed by atoms with E-state index >= 15 is 0 Å². The predicted octanol–water partition coefficient (Wildman–Crippen LogP) is 0.196. The van der Waals surface area contributed by atoms with Crippen LogP contribution in [0.1, 0.15) is 25.5 Å². The van der Waals surface area contributed by atoms with Crippen LogP contribution in [0.5, 0.6) is 0 Å². The Labute approximate surface area is 64.9 Å². The van der Waals surface area contributed by atoms with E-state index in [9.17, 15) is 0 Å². The molecule has 0 fully saturated rings. The maximum absolute atomic E-state index is 4.26. The molecule has 0 radical (unpaired) electrons. The lowest BCUT2D eigenvalue weighted by Gasteiger charge is -2.03. The molecule has 0 aromatic carbocycles. The smallest absolute Gasteiger partial charge is 0.0427 e. The summed E-state index contributed by atoms with van der Waals surface area (Å²) in [6.45, 7) is 4.34. The van der Waals surface area contributed by atoms with Crippen LogP contribution in [-0.4, -0.2) is 15.2 Å². The van der Waals surface area contributed by atoms with Gasteiger partial charge in [-0.1, -0.05) is 19.0 Å². The monoisotopic (exact) mass is 151 g/mol. The first-order valence-electron chi connectivity index (χ1n) is 3.62. The maximum Gasteiger partial charge on any atom is 0.0427 e. The lowest BCUT2D eigenvalue weighted by Crippen LogP contribution is -2.05. The van der Waals surface area contributed by atoms with Gasteiger partial charge in [0.15, 0.2) is 0 Å². The number of nitrogens with zero attached hydrogens (tertiary/aromatic N) is 1. The summed E-state index contributed by atoms with van der Waals surface area (Å²) in [4.78, 5) is 4.26. The van der Waals surface area contributed by atoms with Crippen molar-refractivity contribution in [1.29, 1.82) is 0 Å². The molecule has 0 atom stereocenters. The van der Waals surface area contributed by atoms with Gasteiger partial charge in [0.05, 0.1) is 0 Å². The van der Waals surface area contributed by atoms with E-state index in [0.717, 1.165) is 10.2 Å². The second-order valence-corrected chi connectivity index (χ2v) is 4.07. The van der Waals surface area contributed by atoms with Gasteiger partial charge in [0.1, 0.15) is 0 Å². The zero-order valence-corrected chi connectivity index (χ0v) is 8.76. The topological polar surface area (TPSA) is 12.9 Å². The van der Waals surface area contributed by atoms with Crippen LogP contribution < -0.4 is 5.19 Å². The van der Waals surface area contributed by atoms with Gasteiger partial charge in [0.25, 0.3) is 0 Å². The standard InChI is InChI=1S/C8H13NSi/c1-6(2)8-5-7(10)3-4-9-8/h3-6H,1-2,10H3. The number of pyridine rings is 1. The van der Waals surface area contributed by atoms with Crippen LogP contribution in [-0.2, 0) is 0 Å². The lowest BCUT2D eigenvalue weighted by molar-refractivity contribution is 0.824. The highest BCUT2D eigenvalue weighted by atomic mass is 28.1. The summed E-state index contributed by atoms with van der Waals surface area (Å²) in [5, 5.41) is 1.43. The molecule has 1 heterocycles. The molecule has 0 aliphatic carbocycles. The fourth-order valence-corrected chi connectivity index (χ4v) is 1.32. The number of hydrogen-bond acceptors (Lipinski definition) is 1. The fraction of sp³-hybridized carbons (Fsp3) is 0.375. The van der Waals surface area contributed by atoms with Crippen LogP contribution in [0.2, 0.25) is 0 Å². The third kappa shape index (κ3) is 1.67. The van der Waals surface area contributed by atoms with Crippen LogP contribution in [0.25, 0.3) is 0 Å². The molecule has 1 aromatic rings. The quantitative estimate of drug-likeness (QED) is 0.522. The molecular weight excluding hydrogens is 138 g/mol. The van der Waals surface area contributed by atoms with E-state index in [1.165, 1.54) is 10.9 Å². The Kier molecular flexibility index (Phi) is 2.22. The van der Waals surface area contributed by atoms with E-state index in [2.05, 4.69) is 31.0 Å². The summed E-state index contributed by atoms with van der Waals surface area (Å²) in [6, 6.07) is 4.27. The van der Waals surface area contributed by atoms with Crippen molar-refractivity contribution in [3.05, 3.63) is 24.0 Å². The summed E-state index contributed by atoms with van der Waals surface area (Å²) < 4.78 is 0. The summed E-state index contributed by atoms with van der Waals surface area (Å²) in [5.74, 6) is 0.564. The first kappa shape index (κ1) is 7.47. The highest BCUT2D eigenvalue weighted by Gasteiger charge is 1.97. The highest BCUT2D eigenvalue weighted by Crippen LogP contribution is 2.07. The number of rotatable bonds is 1. The highest BCUT2D eigenvalue weighted by molar-refractivity contribution is 6.32. The van der Waals surface area contributed by atoms with Crippen molar-refractivity contribution in [2.45, 2.75) is 19.8 Å². The molecule has 0 bridgehead atoms. The van der Waals surface area contributed by atoms with Crippen molar-refractivity contribution in [3.63, 3.8) is 0 Å². The molecule has 2 heteroatoms. The Morgan fingerprint density at radius 2 is 2.20 bits per heavy atom. The Hall–Kier alpha value is -0.633. The van der Waals surface area contributed by atoms with Gasteiger partial charge in [-0.15, -0.1) is 0 Å². The molecule has 10 heavy (non-hydrogen) atoms. The Bertz CT molecular complexity index is 220. The molecule has 0 unspecified atom stereocenters. The third-order valence-electron chi connectivity index (χ3n) is 1.53. The van der Waals surface area contributed by atoms with Crippen LogP contribution >= 0.6 is 0 Å². The molecule has 0 N–H and O–H groups in total. The van der Waals surface area contributed by atoms with Gasteiger partial charge < -0.3 is 0 Å². The number of hydrogen-bond donors (Lipinski definition) is 0. The van der Waals surface area contributed by atoms with E-state index in [4.69, 9.17) is 0 Å². The van der Waals surface area contributed by atoms with Gasteiger partial charge in [-0.3, -0.25) is 4.98 Å². The predicted molar refractivity (Wildman–Crippen MR) is 47.9 cm³/mol. The Morgan fingerprint density at radius 3 is 2.60 bits per heavy atom. The summed E-state index contributed by atoms with van der Waals surface area (Å²) in [6.07, 6.45) is 1.90. The van der Waals surface area contributed by atoms with Crippen molar-refractivity contribution in [3.8, 4) is 0 Å². The Balaban J connectivity index is 2.96. The van der Waals surface area contributed by atoms with Gasteiger partial charge in [0, 0.05) is 22.1 Å². The van der Waals surface area contributed by atoms with Gasteiger partial charge >= 0.3 is 0 Å². The summed E-state index contributed by atoms with van der Waals surface area (Å²) in [5.41, 5.74) is 1.22. The van der Waals surface area contributed by atoms with Gasteiger partial charge in [-0.2, -0.15) is 0 Å². The second kappa shape index (κ2) is 2.97. The normalized spacial score (nSPS) is 10.7. The minimum absolute atomic E-state index is 0.564. The van der Waals surface area contributed by atoms with Crippen molar-refractivity contribution >= 4 is 15.4 Å². The van der Waals surface area contributed by atoms with E-state index in [0.29, 0.717) is 5.92 Å². The Morgan fingerprint density at radius 1 is 1.50 bits per heavy atom. The third-order valence-corrected chi connectivity index (χ3v) is 2.15. The molecule has 0 amide bonds. The molecule has 1 rings (SSSR count). The molecule has 0 spiro atoms. The molecule has 1 nitrogen and oxygen atoms in total. The minimum atomic E-state index is 0.564. The summed E-state index contributed by atoms with van der Waals surface area (Å²) >= 11 is 0. The van der Waals surface area contributed by atoms with Crippen LogP contribution in [0.15, 0.2) is 18.3 Å².